The van der Waals surface area contributed by atoms with Gasteiger partial charge in [-0.3, -0.25) is 4.90 Å². The van der Waals surface area contributed by atoms with Crippen LogP contribution in [0.5, 0.6) is 11.5 Å². The molecule has 0 spiro atoms. The molecule has 1 aromatic rings. The van der Waals surface area contributed by atoms with E-state index in [0.717, 1.165) is 63.0 Å². The maximum absolute atomic E-state index is 6.04. The smallest absolute Gasteiger partial charge is 0.163 e. The third-order valence-electron chi connectivity index (χ3n) is 3.78. The lowest BCUT2D eigenvalue weighted by Crippen LogP contribution is -2.37. The minimum atomic E-state index is 0.582. The van der Waals surface area contributed by atoms with E-state index in [2.05, 4.69) is 10.2 Å². The van der Waals surface area contributed by atoms with Gasteiger partial charge in [0.05, 0.1) is 24.6 Å². The summed E-state index contributed by atoms with van der Waals surface area (Å²) >= 11 is 0. The van der Waals surface area contributed by atoms with E-state index in [1.807, 2.05) is 12.1 Å². The molecule has 0 unspecified atom stereocenters. The standard InChI is InChI=1S/C15H23N3O3/c16-12-10-14-15(21-9-8-20-14)11-13(12)17-2-1-3-18-4-6-19-7-5-18/h10-11,17H,1-9,16H2. The van der Waals surface area contributed by atoms with Gasteiger partial charge in [-0.15, -0.1) is 0 Å². The van der Waals surface area contributed by atoms with Crippen LogP contribution in [-0.2, 0) is 4.74 Å². The molecule has 21 heavy (non-hydrogen) atoms. The predicted octanol–water partition coefficient (Wildman–Crippen LogP) is 1.17. The van der Waals surface area contributed by atoms with Crippen LogP contribution in [0.2, 0.25) is 0 Å². The van der Waals surface area contributed by atoms with Gasteiger partial charge in [-0.1, -0.05) is 0 Å². The van der Waals surface area contributed by atoms with E-state index >= 15 is 0 Å². The van der Waals surface area contributed by atoms with Gasteiger partial charge >= 0.3 is 0 Å². The van der Waals surface area contributed by atoms with Crippen molar-refractivity contribution in [1.82, 2.24) is 4.90 Å². The molecule has 0 atom stereocenters. The van der Waals surface area contributed by atoms with Gasteiger partial charge in [0, 0.05) is 31.8 Å². The highest BCUT2D eigenvalue weighted by molar-refractivity contribution is 5.72. The van der Waals surface area contributed by atoms with E-state index in [-0.39, 0.29) is 0 Å². The summed E-state index contributed by atoms with van der Waals surface area (Å²) < 4.78 is 16.4. The van der Waals surface area contributed by atoms with Crippen molar-refractivity contribution in [2.24, 2.45) is 0 Å². The van der Waals surface area contributed by atoms with Gasteiger partial charge in [-0.2, -0.15) is 0 Å². The number of rotatable bonds is 5. The molecule has 6 nitrogen and oxygen atoms in total. The lowest BCUT2D eigenvalue weighted by atomic mass is 10.2. The summed E-state index contributed by atoms with van der Waals surface area (Å²) in [6, 6.07) is 3.76. The number of fused-ring (bicyclic) bond motifs is 1. The van der Waals surface area contributed by atoms with Gasteiger partial charge in [0.2, 0.25) is 0 Å². The molecule has 1 saturated heterocycles. The molecule has 0 amide bonds. The SMILES string of the molecule is Nc1cc2c(cc1NCCCN1CCOCC1)OCCO2. The molecule has 116 valence electrons. The van der Waals surface area contributed by atoms with Crippen molar-refractivity contribution in [1.29, 1.82) is 0 Å². The van der Waals surface area contributed by atoms with Crippen LogP contribution in [0.3, 0.4) is 0 Å². The zero-order valence-corrected chi connectivity index (χ0v) is 12.3. The first-order chi connectivity index (χ1) is 10.3. The first kappa shape index (κ1) is 14.3. The van der Waals surface area contributed by atoms with Crippen LogP contribution in [0.1, 0.15) is 6.42 Å². The Labute approximate surface area is 125 Å². The number of hydrogen-bond acceptors (Lipinski definition) is 6. The maximum Gasteiger partial charge on any atom is 0.163 e. The Kier molecular flexibility index (Phi) is 4.67. The quantitative estimate of drug-likeness (QED) is 0.627. The Morgan fingerprint density at radius 3 is 2.52 bits per heavy atom. The highest BCUT2D eigenvalue weighted by Gasteiger charge is 2.14. The monoisotopic (exact) mass is 293 g/mol. The number of nitrogens with one attached hydrogen (secondary N) is 1. The lowest BCUT2D eigenvalue weighted by Gasteiger charge is -2.26. The Balaban J connectivity index is 1.48. The van der Waals surface area contributed by atoms with E-state index in [0.29, 0.717) is 18.9 Å². The Bertz CT molecular complexity index is 475. The van der Waals surface area contributed by atoms with E-state index in [4.69, 9.17) is 19.9 Å². The molecular weight excluding hydrogens is 270 g/mol. The van der Waals surface area contributed by atoms with Gasteiger partial charge < -0.3 is 25.3 Å². The molecule has 0 radical (unpaired) electrons. The van der Waals surface area contributed by atoms with E-state index < -0.39 is 0 Å². The highest BCUT2D eigenvalue weighted by Crippen LogP contribution is 2.36. The van der Waals surface area contributed by atoms with Gasteiger partial charge in [0.25, 0.3) is 0 Å². The number of nitrogen functional groups attached to an aromatic ring is 1. The van der Waals surface area contributed by atoms with Crippen molar-refractivity contribution in [3.63, 3.8) is 0 Å². The van der Waals surface area contributed by atoms with Gasteiger partial charge in [-0.25, -0.2) is 0 Å². The summed E-state index contributed by atoms with van der Waals surface area (Å²) in [5, 5.41) is 3.38. The van der Waals surface area contributed by atoms with Gasteiger partial charge in [0.1, 0.15) is 13.2 Å². The third-order valence-corrected chi connectivity index (χ3v) is 3.78. The number of nitrogens with two attached hydrogens (primary N) is 1. The average molecular weight is 293 g/mol. The maximum atomic E-state index is 6.04. The van der Waals surface area contributed by atoms with Crippen LogP contribution in [-0.4, -0.2) is 57.5 Å². The van der Waals surface area contributed by atoms with Crippen LogP contribution in [0, 0.1) is 0 Å². The van der Waals surface area contributed by atoms with Crippen molar-refractivity contribution < 1.29 is 14.2 Å². The van der Waals surface area contributed by atoms with Gasteiger partial charge in [-0.05, 0) is 13.0 Å². The molecule has 3 N–H and O–H groups in total. The number of hydrogen-bond donors (Lipinski definition) is 2. The first-order valence-electron chi connectivity index (χ1n) is 7.56. The van der Waals surface area contributed by atoms with Crippen LogP contribution in [0.15, 0.2) is 12.1 Å². The van der Waals surface area contributed by atoms with Crippen LogP contribution >= 0.6 is 0 Å². The third kappa shape index (κ3) is 3.71. The number of morpholine rings is 1. The van der Waals surface area contributed by atoms with Crippen molar-refractivity contribution in [2.75, 3.05) is 63.7 Å². The Morgan fingerprint density at radius 1 is 1.05 bits per heavy atom. The lowest BCUT2D eigenvalue weighted by molar-refractivity contribution is 0.0378. The normalized spacial score (nSPS) is 18.5. The molecule has 2 heterocycles. The second-order valence-corrected chi connectivity index (χ2v) is 5.32. The zero-order valence-electron chi connectivity index (χ0n) is 12.3. The molecule has 0 bridgehead atoms. The second-order valence-electron chi connectivity index (χ2n) is 5.32. The molecule has 6 heteroatoms. The highest BCUT2D eigenvalue weighted by atomic mass is 16.6. The summed E-state index contributed by atoms with van der Waals surface area (Å²) in [6.45, 7) is 6.91. The van der Waals surface area contributed by atoms with Gasteiger partial charge in [0.15, 0.2) is 11.5 Å². The molecule has 2 aliphatic heterocycles. The fraction of sp³-hybridized carbons (Fsp3) is 0.600. The largest absolute Gasteiger partial charge is 0.486 e. The minimum Gasteiger partial charge on any atom is -0.486 e. The fourth-order valence-electron chi connectivity index (χ4n) is 2.61. The molecule has 1 fully saturated rings. The summed E-state index contributed by atoms with van der Waals surface area (Å²) in [4.78, 5) is 2.43. The van der Waals surface area contributed by atoms with Crippen LogP contribution in [0.25, 0.3) is 0 Å². The summed E-state index contributed by atoms with van der Waals surface area (Å²) in [5.41, 5.74) is 7.66. The summed E-state index contributed by atoms with van der Waals surface area (Å²) in [7, 11) is 0. The first-order valence-corrected chi connectivity index (χ1v) is 7.56. The zero-order chi connectivity index (χ0) is 14.5. The molecule has 0 aromatic heterocycles. The fourth-order valence-corrected chi connectivity index (χ4v) is 2.61. The van der Waals surface area contributed by atoms with Crippen molar-refractivity contribution in [3.05, 3.63) is 12.1 Å². The Morgan fingerprint density at radius 2 is 1.76 bits per heavy atom. The number of ether oxygens (including phenoxy) is 3. The summed E-state index contributed by atoms with van der Waals surface area (Å²) in [6.07, 6.45) is 1.08. The minimum absolute atomic E-state index is 0.582. The molecular formula is C15H23N3O3. The number of benzene rings is 1. The molecule has 0 saturated carbocycles. The van der Waals surface area contributed by atoms with Crippen molar-refractivity contribution in [2.45, 2.75) is 6.42 Å². The van der Waals surface area contributed by atoms with Crippen LogP contribution < -0.4 is 20.5 Å². The molecule has 1 aromatic carbocycles. The molecule has 3 rings (SSSR count). The molecule has 2 aliphatic rings. The summed E-state index contributed by atoms with van der Waals surface area (Å²) in [5.74, 6) is 1.50. The predicted molar refractivity (Wildman–Crippen MR) is 82.2 cm³/mol. The topological polar surface area (TPSA) is 69.0 Å². The van der Waals surface area contributed by atoms with E-state index in [9.17, 15) is 0 Å². The van der Waals surface area contributed by atoms with Crippen molar-refractivity contribution in [3.8, 4) is 11.5 Å². The number of nitrogens with zero attached hydrogens (tertiary/aromatic N) is 1. The molecule has 0 aliphatic carbocycles. The van der Waals surface area contributed by atoms with E-state index in [1.165, 1.54) is 0 Å². The Hall–Kier alpha value is -1.66. The average Bonchev–Trinajstić information content (AvgIpc) is 2.53. The van der Waals surface area contributed by atoms with E-state index in [1.54, 1.807) is 0 Å². The van der Waals surface area contributed by atoms with Crippen LogP contribution in [0.4, 0.5) is 11.4 Å². The number of anilines is 2. The second kappa shape index (κ2) is 6.87. The van der Waals surface area contributed by atoms with Crippen molar-refractivity contribution >= 4 is 11.4 Å².